The molecule has 112 valence electrons. The molecule has 0 unspecified atom stereocenters. The van der Waals surface area contributed by atoms with E-state index in [1.807, 2.05) is 0 Å². The number of ether oxygens (including phenoxy) is 1. The number of hydrogen-bond acceptors (Lipinski definition) is 3. The quantitative estimate of drug-likeness (QED) is 0.781. The Hall–Kier alpha value is -1.49. The minimum Gasteiger partial charge on any atom is -0.459 e. The molecule has 0 radical (unpaired) electrons. The Kier molecular flexibility index (Phi) is 5.62. The first-order valence-electron chi connectivity index (χ1n) is 6.52. The average Bonchev–Trinajstić information content (AvgIpc) is 2.35. The Labute approximate surface area is 117 Å². The summed E-state index contributed by atoms with van der Waals surface area (Å²) < 4.78 is 30.3. The fourth-order valence-electron chi connectivity index (χ4n) is 1.73. The van der Waals surface area contributed by atoms with E-state index in [2.05, 4.69) is 0 Å². The molecule has 0 aliphatic heterocycles. The second-order valence-electron chi connectivity index (χ2n) is 5.36. The standard InChI is InChI=1S/C15H20F2O3/c1-14(19,9-6-10-15(2,16)17)11-20-13(18)12-7-4-3-5-8-12/h3-5,7-8,19H,6,9-11H2,1-2H3/t14-/m1/s1. The first-order chi connectivity index (χ1) is 9.20. The zero-order valence-electron chi connectivity index (χ0n) is 11.7. The predicted octanol–water partition coefficient (Wildman–Crippen LogP) is 3.42. The molecule has 0 bridgehead atoms. The number of hydrogen-bond donors (Lipinski definition) is 1. The van der Waals surface area contributed by atoms with Crippen molar-refractivity contribution in [3.63, 3.8) is 0 Å². The highest BCUT2D eigenvalue weighted by molar-refractivity contribution is 5.89. The molecule has 3 nitrogen and oxygen atoms in total. The van der Waals surface area contributed by atoms with Gasteiger partial charge in [0.1, 0.15) is 6.61 Å². The summed E-state index contributed by atoms with van der Waals surface area (Å²) in [5.41, 5.74) is -0.904. The SMILES string of the molecule is CC(F)(F)CCC[C@@](C)(O)COC(=O)c1ccccc1. The van der Waals surface area contributed by atoms with Gasteiger partial charge in [-0.2, -0.15) is 0 Å². The Morgan fingerprint density at radius 2 is 1.80 bits per heavy atom. The van der Waals surface area contributed by atoms with E-state index < -0.39 is 17.5 Å². The van der Waals surface area contributed by atoms with Crippen LogP contribution in [-0.4, -0.2) is 29.2 Å². The van der Waals surface area contributed by atoms with Crippen molar-refractivity contribution in [1.82, 2.24) is 0 Å². The molecular weight excluding hydrogens is 266 g/mol. The van der Waals surface area contributed by atoms with Crippen LogP contribution in [0.1, 0.15) is 43.5 Å². The topological polar surface area (TPSA) is 46.5 Å². The molecule has 0 spiro atoms. The van der Waals surface area contributed by atoms with Crippen LogP contribution in [0.5, 0.6) is 0 Å². The number of benzene rings is 1. The summed E-state index contributed by atoms with van der Waals surface area (Å²) in [5.74, 6) is -3.27. The highest BCUT2D eigenvalue weighted by atomic mass is 19.3. The summed E-state index contributed by atoms with van der Waals surface area (Å²) in [6, 6.07) is 8.40. The van der Waals surface area contributed by atoms with Gasteiger partial charge in [0.25, 0.3) is 0 Å². The van der Waals surface area contributed by atoms with Crippen molar-refractivity contribution < 1.29 is 23.4 Å². The fraction of sp³-hybridized carbons (Fsp3) is 0.533. The van der Waals surface area contributed by atoms with Crippen LogP contribution in [0.25, 0.3) is 0 Å². The monoisotopic (exact) mass is 286 g/mol. The number of rotatable bonds is 7. The van der Waals surface area contributed by atoms with Gasteiger partial charge in [-0.1, -0.05) is 18.2 Å². The summed E-state index contributed by atoms with van der Waals surface area (Å²) in [5, 5.41) is 9.98. The van der Waals surface area contributed by atoms with Gasteiger partial charge >= 0.3 is 5.97 Å². The van der Waals surface area contributed by atoms with Gasteiger partial charge in [0.2, 0.25) is 5.92 Å². The van der Waals surface area contributed by atoms with Crippen LogP contribution in [0.3, 0.4) is 0 Å². The van der Waals surface area contributed by atoms with E-state index in [1.54, 1.807) is 30.3 Å². The second-order valence-corrected chi connectivity index (χ2v) is 5.36. The van der Waals surface area contributed by atoms with Gasteiger partial charge in [-0.15, -0.1) is 0 Å². The Morgan fingerprint density at radius 3 is 2.35 bits per heavy atom. The summed E-state index contributed by atoms with van der Waals surface area (Å²) in [4.78, 5) is 11.7. The van der Waals surface area contributed by atoms with E-state index in [0.29, 0.717) is 5.56 Å². The summed E-state index contributed by atoms with van der Waals surface area (Å²) >= 11 is 0. The molecule has 1 rings (SSSR count). The second kappa shape index (κ2) is 6.79. The third-order valence-electron chi connectivity index (χ3n) is 2.85. The highest BCUT2D eigenvalue weighted by Crippen LogP contribution is 2.23. The van der Waals surface area contributed by atoms with Gasteiger partial charge in [0.15, 0.2) is 0 Å². The average molecular weight is 286 g/mol. The van der Waals surface area contributed by atoms with Gasteiger partial charge in [-0.3, -0.25) is 0 Å². The summed E-state index contributed by atoms with van der Waals surface area (Å²) in [6.45, 7) is 2.10. The molecule has 1 N–H and O–H groups in total. The normalized spacial score (nSPS) is 14.7. The number of carbonyl (C=O) groups excluding carboxylic acids is 1. The van der Waals surface area contributed by atoms with Gasteiger partial charge in [0, 0.05) is 6.42 Å². The number of aliphatic hydroxyl groups is 1. The van der Waals surface area contributed by atoms with Crippen LogP contribution in [0.2, 0.25) is 0 Å². The third kappa shape index (κ3) is 6.61. The van der Waals surface area contributed by atoms with Crippen LogP contribution in [0.15, 0.2) is 30.3 Å². The molecule has 0 aliphatic carbocycles. The maximum atomic E-state index is 12.7. The lowest BCUT2D eigenvalue weighted by molar-refractivity contribution is -0.0359. The van der Waals surface area contributed by atoms with E-state index >= 15 is 0 Å². The Balaban J connectivity index is 2.37. The van der Waals surface area contributed by atoms with Crippen LogP contribution >= 0.6 is 0 Å². The predicted molar refractivity (Wildman–Crippen MR) is 71.8 cm³/mol. The summed E-state index contributed by atoms with van der Waals surface area (Å²) in [6.07, 6.45) is 0.0215. The molecule has 20 heavy (non-hydrogen) atoms. The van der Waals surface area contributed by atoms with Crippen LogP contribution in [0.4, 0.5) is 8.78 Å². The van der Waals surface area contributed by atoms with Crippen molar-refractivity contribution in [3.05, 3.63) is 35.9 Å². The Bertz CT molecular complexity index is 424. The lowest BCUT2D eigenvalue weighted by Gasteiger charge is -2.23. The van der Waals surface area contributed by atoms with Crippen molar-refractivity contribution in [2.45, 2.75) is 44.6 Å². The maximum absolute atomic E-state index is 12.7. The van der Waals surface area contributed by atoms with Crippen molar-refractivity contribution in [1.29, 1.82) is 0 Å². The molecule has 0 saturated heterocycles. The fourth-order valence-corrected chi connectivity index (χ4v) is 1.73. The van der Waals surface area contributed by atoms with Gasteiger partial charge in [0.05, 0.1) is 11.2 Å². The van der Waals surface area contributed by atoms with Crippen molar-refractivity contribution in [3.8, 4) is 0 Å². The number of alkyl halides is 2. The van der Waals surface area contributed by atoms with Gasteiger partial charge < -0.3 is 9.84 Å². The van der Waals surface area contributed by atoms with Crippen LogP contribution < -0.4 is 0 Å². The zero-order chi connectivity index (χ0) is 15.2. The summed E-state index contributed by atoms with van der Waals surface area (Å²) in [7, 11) is 0. The third-order valence-corrected chi connectivity index (χ3v) is 2.85. The number of esters is 1. The molecule has 1 aromatic rings. The van der Waals surface area contributed by atoms with Gasteiger partial charge in [-0.25, -0.2) is 13.6 Å². The minimum atomic E-state index is -2.74. The first kappa shape index (κ1) is 16.6. The van der Waals surface area contributed by atoms with E-state index in [4.69, 9.17) is 4.74 Å². The van der Waals surface area contributed by atoms with E-state index in [9.17, 15) is 18.7 Å². The van der Waals surface area contributed by atoms with Crippen molar-refractivity contribution >= 4 is 5.97 Å². The van der Waals surface area contributed by atoms with Crippen molar-refractivity contribution in [2.75, 3.05) is 6.61 Å². The molecule has 1 atom stereocenters. The zero-order valence-corrected chi connectivity index (χ0v) is 11.7. The van der Waals surface area contributed by atoms with E-state index in [-0.39, 0.29) is 25.9 Å². The molecule has 0 aromatic heterocycles. The highest BCUT2D eigenvalue weighted by Gasteiger charge is 2.26. The molecule has 1 aromatic carbocycles. The number of carbonyl (C=O) groups is 1. The molecule has 0 fully saturated rings. The lowest BCUT2D eigenvalue weighted by atomic mass is 9.99. The smallest absolute Gasteiger partial charge is 0.338 e. The van der Waals surface area contributed by atoms with E-state index in [0.717, 1.165) is 6.92 Å². The van der Waals surface area contributed by atoms with E-state index in [1.165, 1.54) is 6.92 Å². The number of halogens is 2. The molecule has 0 heterocycles. The Morgan fingerprint density at radius 1 is 1.20 bits per heavy atom. The van der Waals surface area contributed by atoms with Crippen LogP contribution in [0, 0.1) is 0 Å². The molecule has 0 aliphatic rings. The molecule has 5 heteroatoms. The minimum absolute atomic E-state index is 0.151. The lowest BCUT2D eigenvalue weighted by Crippen LogP contribution is -2.32. The molecular formula is C15H20F2O3. The van der Waals surface area contributed by atoms with Crippen molar-refractivity contribution in [2.24, 2.45) is 0 Å². The molecule has 0 amide bonds. The molecule has 0 saturated carbocycles. The van der Waals surface area contributed by atoms with Gasteiger partial charge in [-0.05, 0) is 38.8 Å². The maximum Gasteiger partial charge on any atom is 0.338 e. The van der Waals surface area contributed by atoms with Crippen LogP contribution in [-0.2, 0) is 4.74 Å². The largest absolute Gasteiger partial charge is 0.459 e. The first-order valence-corrected chi connectivity index (χ1v) is 6.52.